The van der Waals surface area contributed by atoms with Crippen LogP contribution < -0.4 is 4.74 Å². The van der Waals surface area contributed by atoms with E-state index in [1.54, 1.807) is 6.07 Å². The van der Waals surface area contributed by atoms with Crippen molar-refractivity contribution in [1.82, 2.24) is 4.98 Å². The quantitative estimate of drug-likeness (QED) is 0.768. The van der Waals surface area contributed by atoms with E-state index in [0.717, 1.165) is 11.3 Å². The van der Waals surface area contributed by atoms with Crippen molar-refractivity contribution in [2.45, 2.75) is 20.5 Å². The van der Waals surface area contributed by atoms with Crippen molar-refractivity contribution < 1.29 is 4.74 Å². The number of pyridine rings is 1. The fourth-order valence-electron chi connectivity index (χ4n) is 1.51. The van der Waals surface area contributed by atoms with Crippen LogP contribution in [0.25, 0.3) is 0 Å². The third-order valence-corrected chi connectivity index (χ3v) is 3.30. The topological polar surface area (TPSA) is 22.1 Å². The van der Waals surface area contributed by atoms with Crippen LogP contribution in [0.3, 0.4) is 0 Å². The van der Waals surface area contributed by atoms with Gasteiger partial charge in [0.1, 0.15) is 22.7 Å². The van der Waals surface area contributed by atoms with E-state index in [1.165, 1.54) is 11.1 Å². The number of ether oxygens (including phenoxy) is 1. The van der Waals surface area contributed by atoms with Gasteiger partial charge < -0.3 is 4.74 Å². The summed E-state index contributed by atoms with van der Waals surface area (Å²) in [6.45, 7) is 4.50. The highest BCUT2D eigenvalue weighted by atomic mass is 35.5. The number of hydrogen-bond donors (Lipinski definition) is 0. The Morgan fingerprint density at radius 1 is 1.06 bits per heavy atom. The van der Waals surface area contributed by atoms with Crippen LogP contribution in [0.5, 0.6) is 5.75 Å². The Bertz CT molecular complexity index is 570. The number of aromatic nitrogens is 1. The maximum absolute atomic E-state index is 5.98. The van der Waals surface area contributed by atoms with Crippen LogP contribution >= 0.6 is 23.2 Å². The Morgan fingerprint density at radius 3 is 2.50 bits per heavy atom. The largest absolute Gasteiger partial charge is 0.489 e. The minimum Gasteiger partial charge on any atom is -0.489 e. The van der Waals surface area contributed by atoms with E-state index in [1.807, 2.05) is 24.3 Å². The zero-order chi connectivity index (χ0) is 13.1. The summed E-state index contributed by atoms with van der Waals surface area (Å²) in [5.74, 6) is 0.823. The van der Waals surface area contributed by atoms with Crippen molar-refractivity contribution in [3.8, 4) is 5.75 Å². The lowest BCUT2D eigenvalue weighted by molar-refractivity contribution is 0.305. The number of benzene rings is 1. The van der Waals surface area contributed by atoms with Gasteiger partial charge in [-0.2, -0.15) is 0 Å². The molecule has 0 aliphatic heterocycles. The predicted octanol–water partition coefficient (Wildman–Crippen LogP) is 4.58. The van der Waals surface area contributed by atoms with Gasteiger partial charge in [0.25, 0.3) is 0 Å². The summed E-state index contributed by atoms with van der Waals surface area (Å²) in [7, 11) is 0. The predicted molar refractivity (Wildman–Crippen MR) is 74.5 cm³/mol. The average Bonchev–Trinajstić information content (AvgIpc) is 2.32. The van der Waals surface area contributed by atoms with E-state index in [9.17, 15) is 0 Å². The molecule has 2 aromatic rings. The first kappa shape index (κ1) is 13.2. The molecule has 0 saturated heterocycles. The Hall–Kier alpha value is -1.25. The minimum absolute atomic E-state index is 0.380. The van der Waals surface area contributed by atoms with Crippen LogP contribution in [-0.2, 0) is 6.61 Å². The molecule has 0 fully saturated rings. The molecule has 0 saturated carbocycles. The molecule has 0 aliphatic rings. The Morgan fingerprint density at radius 2 is 1.83 bits per heavy atom. The molecule has 2 nitrogen and oxygen atoms in total. The van der Waals surface area contributed by atoms with E-state index in [4.69, 9.17) is 27.9 Å². The lowest BCUT2D eigenvalue weighted by atomic mass is 10.1. The van der Waals surface area contributed by atoms with Gasteiger partial charge in [-0.25, -0.2) is 4.98 Å². The number of aryl methyl sites for hydroxylation is 2. The number of hydrogen-bond acceptors (Lipinski definition) is 2. The zero-order valence-electron chi connectivity index (χ0n) is 10.2. The highest BCUT2D eigenvalue weighted by Gasteiger charge is 2.04. The summed E-state index contributed by atoms with van der Waals surface area (Å²) in [5.41, 5.74) is 3.26. The lowest BCUT2D eigenvalue weighted by Gasteiger charge is -2.09. The molecule has 0 bridgehead atoms. The van der Waals surface area contributed by atoms with Crippen LogP contribution in [0.2, 0.25) is 10.3 Å². The van der Waals surface area contributed by atoms with Gasteiger partial charge in [-0.3, -0.25) is 0 Å². The lowest BCUT2D eigenvalue weighted by Crippen LogP contribution is -1.98. The minimum atomic E-state index is 0.380. The number of halogens is 2. The molecule has 0 radical (unpaired) electrons. The third kappa shape index (κ3) is 3.15. The highest BCUT2D eigenvalue weighted by Crippen LogP contribution is 2.21. The Balaban J connectivity index is 2.09. The second kappa shape index (κ2) is 5.59. The van der Waals surface area contributed by atoms with Crippen molar-refractivity contribution in [3.05, 3.63) is 57.3 Å². The van der Waals surface area contributed by atoms with Gasteiger partial charge in [0.05, 0.1) is 0 Å². The smallest absolute Gasteiger partial charge is 0.137 e. The first-order chi connectivity index (χ1) is 8.56. The van der Waals surface area contributed by atoms with Crippen LogP contribution in [0, 0.1) is 13.8 Å². The number of rotatable bonds is 3. The summed E-state index contributed by atoms with van der Waals surface area (Å²) >= 11 is 11.7. The first-order valence-corrected chi connectivity index (χ1v) is 6.33. The molecule has 1 aromatic carbocycles. The molecule has 1 aromatic heterocycles. The normalized spacial score (nSPS) is 10.4. The summed E-state index contributed by atoms with van der Waals surface area (Å²) in [4.78, 5) is 3.97. The molecule has 0 atom stereocenters. The molecule has 0 unspecified atom stereocenters. The summed E-state index contributed by atoms with van der Waals surface area (Å²) in [6, 6.07) is 9.50. The van der Waals surface area contributed by atoms with E-state index in [-0.39, 0.29) is 0 Å². The molecule has 18 heavy (non-hydrogen) atoms. The van der Waals surface area contributed by atoms with Gasteiger partial charge in [0, 0.05) is 5.56 Å². The molecule has 0 spiro atoms. The van der Waals surface area contributed by atoms with E-state index < -0.39 is 0 Å². The van der Waals surface area contributed by atoms with Crippen molar-refractivity contribution >= 4 is 23.2 Å². The molecular formula is C14H13Cl2NO. The Labute approximate surface area is 117 Å². The van der Waals surface area contributed by atoms with E-state index >= 15 is 0 Å². The van der Waals surface area contributed by atoms with Crippen molar-refractivity contribution in [3.63, 3.8) is 0 Å². The molecule has 94 valence electrons. The second-order valence-electron chi connectivity index (χ2n) is 4.12. The van der Waals surface area contributed by atoms with Crippen LogP contribution in [-0.4, -0.2) is 4.98 Å². The maximum atomic E-state index is 5.98. The Kier molecular flexibility index (Phi) is 4.10. The third-order valence-electron chi connectivity index (χ3n) is 2.76. The van der Waals surface area contributed by atoms with Crippen molar-refractivity contribution in [2.75, 3.05) is 0 Å². The summed E-state index contributed by atoms with van der Waals surface area (Å²) in [6.07, 6.45) is 0. The zero-order valence-corrected chi connectivity index (χ0v) is 11.7. The summed E-state index contributed by atoms with van der Waals surface area (Å²) in [5, 5.41) is 0.765. The molecule has 2 rings (SSSR count). The average molecular weight is 282 g/mol. The SMILES string of the molecule is Cc1ccc(OCc2ccc(Cl)nc2Cl)cc1C. The van der Waals surface area contributed by atoms with E-state index in [0.29, 0.717) is 16.9 Å². The maximum Gasteiger partial charge on any atom is 0.137 e. The molecular weight excluding hydrogens is 269 g/mol. The van der Waals surface area contributed by atoms with Gasteiger partial charge in [-0.05, 0) is 49.2 Å². The first-order valence-electron chi connectivity index (χ1n) is 5.57. The van der Waals surface area contributed by atoms with Gasteiger partial charge in [0.2, 0.25) is 0 Å². The van der Waals surface area contributed by atoms with Crippen molar-refractivity contribution in [1.29, 1.82) is 0 Å². The van der Waals surface area contributed by atoms with Crippen LogP contribution in [0.1, 0.15) is 16.7 Å². The fourth-order valence-corrected chi connectivity index (χ4v) is 1.91. The second-order valence-corrected chi connectivity index (χ2v) is 4.86. The highest BCUT2D eigenvalue weighted by molar-refractivity contribution is 6.32. The standard InChI is InChI=1S/C14H13Cl2NO/c1-9-3-5-12(7-10(9)2)18-8-11-4-6-13(15)17-14(11)16/h3-7H,8H2,1-2H3. The molecule has 4 heteroatoms. The van der Waals surface area contributed by atoms with Crippen LogP contribution in [0.15, 0.2) is 30.3 Å². The van der Waals surface area contributed by atoms with Gasteiger partial charge in [-0.1, -0.05) is 29.3 Å². The summed E-state index contributed by atoms with van der Waals surface area (Å²) < 4.78 is 5.68. The number of nitrogens with zero attached hydrogens (tertiary/aromatic N) is 1. The van der Waals surface area contributed by atoms with E-state index in [2.05, 4.69) is 18.8 Å². The molecule has 0 amide bonds. The molecule has 0 N–H and O–H groups in total. The van der Waals surface area contributed by atoms with Crippen LogP contribution in [0.4, 0.5) is 0 Å². The van der Waals surface area contributed by atoms with Gasteiger partial charge in [0.15, 0.2) is 0 Å². The van der Waals surface area contributed by atoms with Crippen molar-refractivity contribution in [2.24, 2.45) is 0 Å². The fraction of sp³-hybridized carbons (Fsp3) is 0.214. The molecule has 1 heterocycles. The molecule has 0 aliphatic carbocycles. The van der Waals surface area contributed by atoms with Gasteiger partial charge in [-0.15, -0.1) is 0 Å². The van der Waals surface area contributed by atoms with Gasteiger partial charge >= 0.3 is 0 Å². The monoisotopic (exact) mass is 281 g/mol.